The Bertz CT molecular complexity index is 2320. The molecule has 3 heterocycles. The molecule has 0 spiro atoms. The van der Waals surface area contributed by atoms with Gasteiger partial charge in [-0.1, -0.05) is 67.6 Å². The Morgan fingerprint density at radius 3 is 2.30 bits per heavy atom. The van der Waals surface area contributed by atoms with Crippen LogP contribution >= 0.6 is 0 Å². The van der Waals surface area contributed by atoms with Crippen LogP contribution in [0, 0.1) is 18.8 Å². The van der Waals surface area contributed by atoms with E-state index in [-0.39, 0.29) is 47.1 Å². The number of aryl methyl sites for hydroxylation is 1. The van der Waals surface area contributed by atoms with E-state index >= 15 is 0 Å². The number of aromatic nitrogens is 3. The van der Waals surface area contributed by atoms with Gasteiger partial charge in [0, 0.05) is 31.1 Å². The first-order chi connectivity index (χ1) is 25.7. The van der Waals surface area contributed by atoms with E-state index in [1.165, 1.54) is 17.0 Å². The summed E-state index contributed by atoms with van der Waals surface area (Å²) in [5.74, 6) is -1.68. The lowest BCUT2D eigenvalue weighted by Crippen LogP contribution is -2.49. The molecule has 3 aromatic carbocycles. The minimum Gasteiger partial charge on any atom is -0.448 e. The van der Waals surface area contributed by atoms with Crippen molar-refractivity contribution >= 4 is 44.8 Å². The number of hydrogen-bond donors (Lipinski definition) is 1. The molecule has 0 saturated carbocycles. The van der Waals surface area contributed by atoms with Crippen LogP contribution in [0.25, 0.3) is 22.3 Å². The van der Waals surface area contributed by atoms with Gasteiger partial charge < -0.3 is 19.4 Å². The van der Waals surface area contributed by atoms with Crippen LogP contribution < -0.4 is 4.90 Å². The van der Waals surface area contributed by atoms with E-state index in [1.54, 1.807) is 52.1 Å². The first-order valence-corrected chi connectivity index (χ1v) is 19.5. The van der Waals surface area contributed by atoms with E-state index < -0.39 is 45.1 Å². The number of sulfone groups is 1. The Balaban J connectivity index is 1.15. The highest BCUT2D eigenvalue weighted by Crippen LogP contribution is 2.44. The molecule has 0 bridgehead atoms. The lowest BCUT2D eigenvalue weighted by molar-refractivity contribution is -0.124. The van der Waals surface area contributed by atoms with Crippen LogP contribution in [0.2, 0.25) is 0 Å². The zero-order chi connectivity index (χ0) is 38.4. The number of anilines is 1. The number of rotatable bonds is 8. The second kappa shape index (κ2) is 14.3. The molecule has 2 aromatic heterocycles. The van der Waals surface area contributed by atoms with E-state index in [0.717, 1.165) is 27.2 Å². The van der Waals surface area contributed by atoms with Crippen molar-refractivity contribution in [3.05, 3.63) is 102 Å². The maximum absolute atomic E-state index is 14.3. The van der Waals surface area contributed by atoms with Crippen LogP contribution in [0.15, 0.2) is 95.0 Å². The Labute approximate surface area is 314 Å². The fraction of sp³-hybridized carbons (Fsp3) is 0.341. The molecule has 1 saturated heterocycles. The number of H-pyrrole nitrogens is 1. The average Bonchev–Trinajstić information content (AvgIpc) is 3.73. The van der Waals surface area contributed by atoms with Gasteiger partial charge in [-0.05, 0) is 86.1 Å². The van der Waals surface area contributed by atoms with E-state index in [4.69, 9.17) is 9.47 Å². The summed E-state index contributed by atoms with van der Waals surface area (Å²) in [4.78, 5) is 56.2. The van der Waals surface area contributed by atoms with Crippen molar-refractivity contribution in [2.24, 2.45) is 11.8 Å². The molecule has 2 amide bonds. The van der Waals surface area contributed by atoms with Gasteiger partial charge in [0.25, 0.3) is 0 Å². The largest absolute Gasteiger partial charge is 0.448 e. The summed E-state index contributed by atoms with van der Waals surface area (Å²) >= 11 is 0. The monoisotopic (exact) mass is 749 g/mol. The molecule has 12 nitrogen and oxygen atoms in total. The number of Topliss-reactive ketones (excluding diaryl/α,β-unsaturated/α-hetero) is 1. The van der Waals surface area contributed by atoms with Gasteiger partial charge in [-0.3, -0.25) is 9.69 Å². The van der Waals surface area contributed by atoms with Crippen molar-refractivity contribution in [2.45, 2.75) is 62.5 Å². The third kappa shape index (κ3) is 7.20. The summed E-state index contributed by atoms with van der Waals surface area (Å²) < 4.78 is 40.0. The van der Waals surface area contributed by atoms with Crippen LogP contribution in [-0.4, -0.2) is 78.1 Å². The van der Waals surface area contributed by atoms with Crippen molar-refractivity contribution in [1.82, 2.24) is 19.9 Å². The number of fused-ring (bicyclic) bond motifs is 4. The normalized spacial score (nSPS) is 17.2. The summed E-state index contributed by atoms with van der Waals surface area (Å²) in [6.45, 7) is 8.74. The molecule has 2 aliphatic rings. The van der Waals surface area contributed by atoms with E-state index in [0.29, 0.717) is 24.0 Å². The number of carbonyl (C=O) groups is 3. The Morgan fingerprint density at radius 1 is 0.944 bits per heavy atom. The van der Waals surface area contributed by atoms with Crippen LogP contribution in [-0.2, 0) is 24.1 Å². The summed E-state index contributed by atoms with van der Waals surface area (Å²) in [5.41, 5.74) is 4.64. The first kappa shape index (κ1) is 36.8. The highest BCUT2D eigenvalue weighted by molar-refractivity contribution is 7.91. The molecule has 1 aliphatic carbocycles. The maximum Gasteiger partial charge on any atom is 0.416 e. The lowest BCUT2D eigenvalue weighted by Gasteiger charge is -2.36. The predicted octanol–water partition coefficient (Wildman–Crippen LogP) is 7.32. The van der Waals surface area contributed by atoms with Crippen LogP contribution in [0.4, 0.5) is 15.4 Å². The molecule has 13 heteroatoms. The topological polar surface area (TPSA) is 152 Å². The SMILES string of the molecule is Cc1cccc(S(=O)(=O)c2nc3[nH]ccc3nc2N(CC(=O)C2CN(C(=O)OCC3c4ccccc4-c4ccccc43)CCC2C)C(=O)OC(C)(C)C)c1. The summed E-state index contributed by atoms with van der Waals surface area (Å²) in [5, 5.41) is -0.501. The zero-order valence-corrected chi connectivity index (χ0v) is 31.7. The summed E-state index contributed by atoms with van der Waals surface area (Å²) in [6, 6.07) is 24.1. The molecule has 7 rings (SSSR count). The van der Waals surface area contributed by atoms with Crippen LogP contribution in [0.3, 0.4) is 0 Å². The van der Waals surface area contributed by atoms with E-state index in [1.807, 2.05) is 31.2 Å². The molecule has 280 valence electrons. The van der Waals surface area contributed by atoms with Gasteiger partial charge in [-0.25, -0.2) is 28.0 Å². The van der Waals surface area contributed by atoms with Gasteiger partial charge in [0.15, 0.2) is 17.2 Å². The van der Waals surface area contributed by atoms with Gasteiger partial charge in [-0.15, -0.1) is 0 Å². The van der Waals surface area contributed by atoms with Crippen molar-refractivity contribution in [2.75, 3.05) is 31.1 Å². The minimum atomic E-state index is -4.35. The average molecular weight is 750 g/mol. The Hall–Kier alpha value is -5.56. The van der Waals surface area contributed by atoms with E-state index in [9.17, 15) is 22.8 Å². The molecule has 54 heavy (non-hydrogen) atoms. The summed E-state index contributed by atoms with van der Waals surface area (Å²) in [7, 11) is -4.35. The van der Waals surface area contributed by atoms with Gasteiger partial charge in [0.2, 0.25) is 14.9 Å². The molecule has 0 radical (unpaired) electrons. The maximum atomic E-state index is 14.3. The first-order valence-electron chi connectivity index (χ1n) is 18.0. The second-order valence-corrected chi connectivity index (χ2v) is 16.9. The molecule has 2 unspecified atom stereocenters. The number of nitrogens with zero attached hydrogens (tertiary/aromatic N) is 4. The molecule has 1 N–H and O–H groups in total. The van der Waals surface area contributed by atoms with Crippen molar-refractivity contribution in [3.63, 3.8) is 0 Å². The van der Waals surface area contributed by atoms with Gasteiger partial charge in [0.05, 0.1) is 11.4 Å². The number of ether oxygens (including phenoxy) is 2. The smallest absolute Gasteiger partial charge is 0.416 e. The highest BCUT2D eigenvalue weighted by Gasteiger charge is 2.40. The molecule has 1 fully saturated rings. The van der Waals surface area contributed by atoms with Crippen molar-refractivity contribution in [1.29, 1.82) is 0 Å². The third-order valence-electron chi connectivity index (χ3n) is 10.0. The van der Waals surface area contributed by atoms with Gasteiger partial charge >= 0.3 is 12.2 Å². The van der Waals surface area contributed by atoms with Crippen molar-refractivity contribution < 1.29 is 32.3 Å². The van der Waals surface area contributed by atoms with Crippen molar-refractivity contribution in [3.8, 4) is 11.1 Å². The number of benzene rings is 3. The lowest BCUT2D eigenvalue weighted by atomic mass is 9.84. The molecule has 1 aliphatic heterocycles. The number of ketones is 1. The van der Waals surface area contributed by atoms with Gasteiger partial charge in [-0.2, -0.15) is 0 Å². The standard InChI is InChI=1S/C41H43N5O7S/c1-25-11-10-12-27(21-25)54(50,51)38-37(43-34-17-19-42-36(34)44-38)46(40(49)53-41(3,4)5)23-35(47)32-22-45(20-18-26(32)2)39(48)52-24-33-30-15-8-6-13-28(30)29-14-7-9-16-31(29)33/h6-17,19,21,26,32-33H,18,20,22-24H2,1-5H3,(H,42,44). The summed E-state index contributed by atoms with van der Waals surface area (Å²) in [6.07, 6.45) is 0.593. The molecular weight excluding hydrogens is 707 g/mol. The number of amides is 2. The molecular formula is C41H43N5O7S. The second-order valence-electron chi connectivity index (χ2n) is 15.0. The number of likely N-dealkylation sites (tertiary alicyclic amines) is 1. The number of nitrogens with one attached hydrogen (secondary N) is 1. The van der Waals surface area contributed by atoms with Crippen LogP contribution in [0.5, 0.6) is 0 Å². The Morgan fingerprint density at radius 2 is 1.63 bits per heavy atom. The molecule has 2 atom stereocenters. The van der Waals surface area contributed by atoms with E-state index in [2.05, 4.69) is 39.2 Å². The fourth-order valence-electron chi connectivity index (χ4n) is 7.25. The number of carbonyl (C=O) groups excluding carboxylic acids is 3. The highest BCUT2D eigenvalue weighted by atomic mass is 32.2. The quantitative estimate of drug-likeness (QED) is 0.172. The number of piperidine rings is 1. The number of aromatic amines is 1. The minimum absolute atomic E-state index is 0.0425. The Kier molecular flexibility index (Phi) is 9.77. The molecule has 5 aromatic rings. The fourth-order valence-corrected chi connectivity index (χ4v) is 8.68. The predicted molar refractivity (Wildman–Crippen MR) is 203 cm³/mol. The number of hydrogen-bond acceptors (Lipinski definition) is 9. The zero-order valence-electron chi connectivity index (χ0n) is 30.9. The van der Waals surface area contributed by atoms with Crippen LogP contribution in [0.1, 0.15) is 56.7 Å². The van der Waals surface area contributed by atoms with Gasteiger partial charge in [0.1, 0.15) is 17.7 Å². The third-order valence-corrected chi connectivity index (χ3v) is 11.7.